The van der Waals surface area contributed by atoms with Crippen LogP contribution in [0.3, 0.4) is 0 Å². The van der Waals surface area contributed by atoms with E-state index >= 15 is 0 Å². The highest BCUT2D eigenvalue weighted by molar-refractivity contribution is 6.32. The summed E-state index contributed by atoms with van der Waals surface area (Å²) in [5, 5.41) is 9.88. The van der Waals surface area contributed by atoms with Gasteiger partial charge in [-0.25, -0.2) is 4.79 Å². The number of aromatic nitrogens is 1. The van der Waals surface area contributed by atoms with Crippen molar-refractivity contribution in [1.82, 2.24) is 4.57 Å². The molecule has 2 aromatic rings. The van der Waals surface area contributed by atoms with E-state index in [1.54, 1.807) is 0 Å². The molecule has 1 aliphatic carbocycles. The fourth-order valence-corrected chi connectivity index (χ4v) is 4.57. The van der Waals surface area contributed by atoms with E-state index in [1.165, 1.54) is 25.1 Å². The van der Waals surface area contributed by atoms with Crippen LogP contribution in [0.1, 0.15) is 61.5 Å². The molecule has 0 radical (unpaired) electrons. The summed E-state index contributed by atoms with van der Waals surface area (Å²) in [5.74, 6) is -0.231. The van der Waals surface area contributed by atoms with Crippen molar-refractivity contribution in [3.8, 4) is 17.0 Å². The molecule has 5 nitrogen and oxygen atoms in total. The van der Waals surface area contributed by atoms with Gasteiger partial charge in [0.2, 0.25) is 0 Å². The van der Waals surface area contributed by atoms with E-state index in [9.17, 15) is 14.7 Å². The molecule has 6 heteroatoms. The molecule has 2 aliphatic rings. The molecule has 1 aromatic carbocycles. The molecule has 1 aromatic heterocycles. The monoisotopic (exact) mass is 401 g/mol. The Hall–Kier alpha value is -2.27. The molecule has 1 N–H and O–H groups in total. The molecule has 1 saturated carbocycles. The zero-order valence-corrected chi connectivity index (χ0v) is 16.8. The summed E-state index contributed by atoms with van der Waals surface area (Å²) >= 11 is 6.52. The van der Waals surface area contributed by atoms with E-state index in [-0.39, 0.29) is 23.6 Å². The second kappa shape index (κ2) is 7.28. The molecule has 0 bridgehead atoms. The Balaban J connectivity index is 1.83. The molecule has 1 aliphatic heterocycles. The van der Waals surface area contributed by atoms with Crippen LogP contribution in [0.4, 0.5) is 0 Å². The van der Waals surface area contributed by atoms with E-state index in [0.29, 0.717) is 16.5 Å². The first kappa shape index (κ1) is 19.1. The molecule has 2 heterocycles. The number of hydrogen-bond acceptors (Lipinski definition) is 3. The maximum absolute atomic E-state index is 12.3. The van der Waals surface area contributed by atoms with Crippen molar-refractivity contribution in [2.24, 2.45) is 5.92 Å². The standard InChI is InChI=1S/C22H24ClNO4/c1-12(2)18-7-13-8-21(28-14-5-3-4-6-14)17(23)9-15(13)19-10-20(25)16(22(26)27)11-24(18)19/h8-12,14,18H,3-7H2,1-2H3,(H,26,27). The Bertz CT molecular complexity index is 989. The molecule has 1 fully saturated rings. The van der Waals surface area contributed by atoms with Gasteiger partial charge >= 0.3 is 5.97 Å². The number of pyridine rings is 1. The largest absolute Gasteiger partial charge is 0.489 e. The summed E-state index contributed by atoms with van der Waals surface area (Å²) in [4.78, 5) is 23.8. The number of carbonyl (C=O) groups is 1. The fourth-order valence-electron chi connectivity index (χ4n) is 4.36. The van der Waals surface area contributed by atoms with Gasteiger partial charge in [0.15, 0.2) is 5.43 Å². The van der Waals surface area contributed by atoms with Crippen molar-refractivity contribution < 1.29 is 14.6 Å². The predicted molar refractivity (Wildman–Crippen MR) is 109 cm³/mol. The molecular weight excluding hydrogens is 378 g/mol. The van der Waals surface area contributed by atoms with Crippen LogP contribution in [0.25, 0.3) is 11.3 Å². The molecule has 1 atom stereocenters. The first-order valence-electron chi connectivity index (χ1n) is 9.84. The summed E-state index contributed by atoms with van der Waals surface area (Å²) in [6.45, 7) is 4.20. The highest BCUT2D eigenvalue weighted by Crippen LogP contribution is 2.42. The van der Waals surface area contributed by atoms with Gasteiger partial charge in [-0.3, -0.25) is 4.79 Å². The number of fused-ring (bicyclic) bond motifs is 3. The lowest BCUT2D eigenvalue weighted by molar-refractivity contribution is 0.0694. The van der Waals surface area contributed by atoms with Gasteiger partial charge in [-0.15, -0.1) is 0 Å². The van der Waals surface area contributed by atoms with Crippen LogP contribution in [-0.4, -0.2) is 21.7 Å². The van der Waals surface area contributed by atoms with E-state index in [0.717, 1.165) is 30.4 Å². The van der Waals surface area contributed by atoms with Crippen molar-refractivity contribution in [2.75, 3.05) is 0 Å². The molecule has 0 saturated heterocycles. The number of nitrogens with zero attached hydrogens (tertiary/aromatic N) is 1. The molecular formula is C22H24ClNO4. The molecule has 1 unspecified atom stereocenters. The van der Waals surface area contributed by atoms with Crippen LogP contribution in [0.2, 0.25) is 5.02 Å². The minimum absolute atomic E-state index is 0.0571. The third-order valence-corrected chi connectivity index (χ3v) is 6.19. The number of halogens is 1. The molecule has 0 amide bonds. The Morgan fingerprint density at radius 3 is 2.61 bits per heavy atom. The second-order valence-electron chi connectivity index (χ2n) is 8.13. The lowest BCUT2D eigenvalue weighted by Gasteiger charge is -2.33. The number of hydrogen-bond donors (Lipinski definition) is 1. The minimum atomic E-state index is -1.20. The number of carboxylic acid groups (broad SMARTS) is 1. The average molecular weight is 402 g/mol. The van der Waals surface area contributed by atoms with Crippen LogP contribution < -0.4 is 10.2 Å². The van der Waals surface area contributed by atoms with Gasteiger partial charge in [0.1, 0.15) is 11.3 Å². The number of rotatable bonds is 4. The minimum Gasteiger partial charge on any atom is -0.489 e. The van der Waals surface area contributed by atoms with Gasteiger partial charge in [0.05, 0.1) is 16.8 Å². The SMILES string of the molecule is CC(C)C1Cc2cc(OC3CCCC3)c(Cl)cc2-c2cc(=O)c(C(=O)O)cn21. The molecule has 28 heavy (non-hydrogen) atoms. The Morgan fingerprint density at radius 1 is 1.25 bits per heavy atom. The highest BCUT2D eigenvalue weighted by Gasteiger charge is 2.29. The maximum Gasteiger partial charge on any atom is 0.341 e. The van der Waals surface area contributed by atoms with Crippen molar-refractivity contribution >= 4 is 17.6 Å². The van der Waals surface area contributed by atoms with E-state index in [2.05, 4.69) is 13.8 Å². The average Bonchev–Trinajstić information content (AvgIpc) is 3.14. The number of aromatic carboxylic acids is 1. The van der Waals surface area contributed by atoms with Crippen molar-refractivity contribution in [3.05, 3.63) is 50.8 Å². The summed E-state index contributed by atoms with van der Waals surface area (Å²) in [6.07, 6.45) is 6.91. The molecule has 148 valence electrons. The summed E-state index contributed by atoms with van der Waals surface area (Å²) in [6, 6.07) is 5.33. The summed E-state index contributed by atoms with van der Waals surface area (Å²) in [7, 11) is 0. The van der Waals surface area contributed by atoms with Crippen LogP contribution in [0, 0.1) is 5.92 Å². The van der Waals surface area contributed by atoms with Crippen LogP contribution in [-0.2, 0) is 6.42 Å². The van der Waals surface area contributed by atoms with Crippen LogP contribution in [0.15, 0.2) is 29.2 Å². The van der Waals surface area contributed by atoms with Gasteiger partial charge in [0, 0.05) is 23.9 Å². The zero-order chi connectivity index (χ0) is 20.0. The number of carboxylic acids is 1. The van der Waals surface area contributed by atoms with Crippen molar-refractivity contribution in [2.45, 2.75) is 58.1 Å². The Labute approximate surface area is 168 Å². The number of benzene rings is 1. The zero-order valence-electron chi connectivity index (χ0n) is 16.1. The molecule has 0 spiro atoms. The topological polar surface area (TPSA) is 68.5 Å². The summed E-state index contributed by atoms with van der Waals surface area (Å²) in [5.41, 5.74) is 1.97. The second-order valence-corrected chi connectivity index (χ2v) is 8.54. The van der Waals surface area contributed by atoms with Gasteiger partial charge < -0.3 is 14.4 Å². The number of ether oxygens (including phenoxy) is 1. The third-order valence-electron chi connectivity index (χ3n) is 5.90. The summed E-state index contributed by atoms with van der Waals surface area (Å²) < 4.78 is 8.07. The predicted octanol–water partition coefficient (Wildman–Crippen LogP) is 4.94. The van der Waals surface area contributed by atoms with Crippen LogP contribution >= 0.6 is 11.6 Å². The van der Waals surface area contributed by atoms with Crippen molar-refractivity contribution in [3.63, 3.8) is 0 Å². The van der Waals surface area contributed by atoms with Crippen LogP contribution in [0.5, 0.6) is 5.75 Å². The quantitative estimate of drug-likeness (QED) is 0.787. The van der Waals surface area contributed by atoms with E-state index in [4.69, 9.17) is 16.3 Å². The fraction of sp³-hybridized carbons (Fsp3) is 0.455. The third kappa shape index (κ3) is 3.32. The lowest BCUT2D eigenvalue weighted by Crippen LogP contribution is -2.28. The normalized spacial score (nSPS) is 18.8. The van der Waals surface area contributed by atoms with Gasteiger partial charge in [0.25, 0.3) is 0 Å². The smallest absolute Gasteiger partial charge is 0.341 e. The Morgan fingerprint density at radius 2 is 1.96 bits per heavy atom. The Kier molecular flexibility index (Phi) is 4.96. The molecule has 4 rings (SSSR count). The van der Waals surface area contributed by atoms with Gasteiger partial charge in [-0.1, -0.05) is 25.4 Å². The van der Waals surface area contributed by atoms with E-state index in [1.807, 2.05) is 16.7 Å². The van der Waals surface area contributed by atoms with Gasteiger partial charge in [-0.2, -0.15) is 0 Å². The lowest BCUT2D eigenvalue weighted by atomic mass is 9.87. The first-order chi connectivity index (χ1) is 13.3. The highest BCUT2D eigenvalue weighted by atomic mass is 35.5. The van der Waals surface area contributed by atoms with Crippen molar-refractivity contribution in [1.29, 1.82) is 0 Å². The van der Waals surface area contributed by atoms with E-state index < -0.39 is 11.4 Å². The van der Waals surface area contributed by atoms with Gasteiger partial charge in [-0.05, 0) is 55.7 Å². The maximum atomic E-state index is 12.3. The first-order valence-corrected chi connectivity index (χ1v) is 10.2.